The van der Waals surface area contributed by atoms with Gasteiger partial charge in [0.05, 0.1) is 12.0 Å². The molecule has 2 aromatic carbocycles. The Labute approximate surface area is 147 Å². The molecule has 2 aromatic rings. The second kappa shape index (κ2) is 6.64. The van der Waals surface area contributed by atoms with Crippen LogP contribution in [0, 0.1) is 0 Å². The summed E-state index contributed by atoms with van der Waals surface area (Å²) >= 11 is 5.84. The predicted octanol–water partition coefficient (Wildman–Crippen LogP) is 5.43. The first kappa shape index (κ1) is 17.7. The number of carbonyl (C=O) groups is 2. The van der Waals surface area contributed by atoms with Crippen molar-refractivity contribution < 1.29 is 22.8 Å². The first-order chi connectivity index (χ1) is 11.7. The zero-order valence-electron chi connectivity index (χ0n) is 13.1. The Bertz CT molecular complexity index is 827. The monoisotopic (exact) mass is 366 g/mol. The van der Waals surface area contributed by atoms with Crippen LogP contribution in [0.3, 0.4) is 0 Å². The van der Waals surface area contributed by atoms with Crippen LogP contribution in [0.25, 0.3) is 11.1 Å². The Balaban J connectivity index is 1.98. The first-order valence-corrected chi connectivity index (χ1v) is 8.11. The van der Waals surface area contributed by atoms with Crippen molar-refractivity contribution in [3.63, 3.8) is 0 Å². The molecule has 2 nitrogen and oxygen atoms in total. The number of alkyl halides is 3. The average molecular weight is 367 g/mol. The van der Waals surface area contributed by atoms with E-state index in [2.05, 4.69) is 0 Å². The van der Waals surface area contributed by atoms with Crippen LogP contribution in [0.15, 0.2) is 42.5 Å². The summed E-state index contributed by atoms with van der Waals surface area (Å²) in [5.74, 6) is -0.433. The minimum Gasteiger partial charge on any atom is -0.299 e. The molecule has 0 heterocycles. The van der Waals surface area contributed by atoms with Gasteiger partial charge in [-0.15, -0.1) is 0 Å². The zero-order valence-corrected chi connectivity index (χ0v) is 13.8. The van der Waals surface area contributed by atoms with E-state index in [1.54, 1.807) is 24.3 Å². The summed E-state index contributed by atoms with van der Waals surface area (Å²) in [6, 6.07) is 10.3. The highest BCUT2D eigenvalue weighted by molar-refractivity contribution is 6.31. The molecule has 6 heteroatoms. The molecule has 3 rings (SSSR count). The molecule has 0 N–H and O–H groups in total. The second-order valence-corrected chi connectivity index (χ2v) is 6.65. The fraction of sp³-hybridized carbons (Fsp3) is 0.263. The van der Waals surface area contributed by atoms with Crippen LogP contribution in [0.2, 0.25) is 5.02 Å². The third-order valence-corrected chi connectivity index (χ3v) is 4.48. The molecule has 0 amide bonds. The lowest BCUT2D eigenvalue weighted by molar-refractivity contribution is -0.137. The van der Waals surface area contributed by atoms with E-state index < -0.39 is 11.7 Å². The predicted molar refractivity (Wildman–Crippen MR) is 88.5 cm³/mol. The highest BCUT2D eigenvalue weighted by Crippen LogP contribution is 2.36. The van der Waals surface area contributed by atoms with E-state index in [1.807, 2.05) is 0 Å². The molecule has 1 saturated carbocycles. The van der Waals surface area contributed by atoms with Crippen LogP contribution in [0.5, 0.6) is 0 Å². The van der Waals surface area contributed by atoms with Crippen LogP contribution in [-0.4, -0.2) is 11.6 Å². The fourth-order valence-electron chi connectivity index (χ4n) is 3.11. The van der Waals surface area contributed by atoms with Gasteiger partial charge in [0.2, 0.25) is 0 Å². The van der Waals surface area contributed by atoms with E-state index >= 15 is 0 Å². The van der Waals surface area contributed by atoms with Gasteiger partial charge in [0.1, 0.15) is 11.6 Å². The van der Waals surface area contributed by atoms with Crippen molar-refractivity contribution in [2.75, 3.05) is 0 Å². The lowest BCUT2D eigenvalue weighted by Crippen LogP contribution is -2.21. The van der Waals surface area contributed by atoms with Crippen LogP contribution >= 0.6 is 11.6 Å². The summed E-state index contributed by atoms with van der Waals surface area (Å²) < 4.78 is 39.0. The summed E-state index contributed by atoms with van der Waals surface area (Å²) in [7, 11) is 0. The number of ketones is 2. The molecule has 0 aromatic heterocycles. The third-order valence-electron chi connectivity index (χ3n) is 4.26. The molecule has 0 bridgehead atoms. The Kier molecular flexibility index (Phi) is 4.69. The molecule has 0 saturated heterocycles. The van der Waals surface area contributed by atoms with Crippen LogP contribution in [-0.2, 0) is 15.8 Å². The van der Waals surface area contributed by atoms with Crippen molar-refractivity contribution >= 4 is 23.2 Å². The molecule has 0 radical (unpaired) electrons. The van der Waals surface area contributed by atoms with E-state index in [0.29, 0.717) is 11.1 Å². The number of benzene rings is 2. The Morgan fingerprint density at radius 3 is 2.24 bits per heavy atom. The Hall–Kier alpha value is -2.14. The lowest BCUT2D eigenvalue weighted by atomic mass is 9.82. The highest BCUT2D eigenvalue weighted by Gasteiger charge is 2.31. The van der Waals surface area contributed by atoms with Gasteiger partial charge in [-0.3, -0.25) is 9.59 Å². The van der Waals surface area contributed by atoms with Gasteiger partial charge in [-0.1, -0.05) is 35.9 Å². The summed E-state index contributed by atoms with van der Waals surface area (Å²) in [5, 5.41) is -0.00162. The number of Topliss-reactive ketones (excluding diaryl/α,β-unsaturated/α-hetero) is 2. The molecule has 0 atom stereocenters. The molecular formula is C19H14ClF3O2. The molecule has 1 aliphatic rings. The van der Waals surface area contributed by atoms with Gasteiger partial charge in [0, 0.05) is 17.9 Å². The van der Waals surface area contributed by atoms with Gasteiger partial charge >= 0.3 is 6.18 Å². The molecule has 1 aliphatic carbocycles. The SMILES string of the molecule is O=C1CC(=O)CC(c2cccc(-c3cc(Cl)cc(C(F)(F)F)c3)c2)C1. The summed E-state index contributed by atoms with van der Waals surface area (Å²) in [6.07, 6.45) is -3.96. The van der Waals surface area contributed by atoms with Crippen LogP contribution in [0.1, 0.15) is 36.3 Å². The topological polar surface area (TPSA) is 34.1 Å². The van der Waals surface area contributed by atoms with Crippen LogP contribution in [0.4, 0.5) is 13.2 Å². The number of hydrogen-bond acceptors (Lipinski definition) is 2. The molecule has 1 fully saturated rings. The maximum absolute atomic E-state index is 13.0. The van der Waals surface area contributed by atoms with Crippen molar-refractivity contribution in [1.29, 1.82) is 0 Å². The maximum atomic E-state index is 13.0. The summed E-state index contributed by atoms with van der Waals surface area (Å²) in [4.78, 5) is 23.3. The summed E-state index contributed by atoms with van der Waals surface area (Å²) in [5.41, 5.74) is 0.863. The van der Waals surface area contributed by atoms with Gasteiger partial charge < -0.3 is 0 Å². The van der Waals surface area contributed by atoms with Crippen molar-refractivity contribution in [3.05, 3.63) is 58.6 Å². The molecule has 0 aliphatic heterocycles. The van der Waals surface area contributed by atoms with Crippen molar-refractivity contribution in [1.82, 2.24) is 0 Å². The van der Waals surface area contributed by atoms with E-state index in [9.17, 15) is 22.8 Å². The van der Waals surface area contributed by atoms with Gasteiger partial charge in [0.15, 0.2) is 0 Å². The van der Waals surface area contributed by atoms with Crippen LogP contribution < -0.4 is 0 Å². The van der Waals surface area contributed by atoms with E-state index in [-0.39, 0.29) is 41.8 Å². The molecule has 25 heavy (non-hydrogen) atoms. The number of hydrogen-bond donors (Lipinski definition) is 0. The van der Waals surface area contributed by atoms with Crippen molar-refractivity contribution in [2.45, 2.75) is 31.4 Å². The number of halogens is 4. The number of carbonyl (C=O) groups excluding carboxylic acids is 2. The molecule has 0 spiro atoms. The fourth-order valence-corrected chi connectivity index (χ4v) is 3.35. The minimum atomic E-state index is -4.49. The largest absolute Gasteiger partial charge is 0.416 e. The van der Waals surface area contributed by atoms with E-state index in [4.69, 9.17) is 11.6 Å². The van der Waals surface area contributed by atoms with Gasteiger partial charge in [-0.05, 0) is 40.8 Å². The molecule has 130 valence electrons. The normalized spacial score (nSPS) is 16.3. The van der Waals surface area contributed by atoms with Gasteiger partial charge in [0.25, 0.3) is 0 Å². The van der Waals surface area contributed by atoms with E-state index in [1.165, 1.54) is 6.07 Å². The molecule has 0 unspecified atom stereocenters. The smallest absolute Gasteiger partial charge is 0.299 e. The maximum Gasteiger partial charge on any atom is 0.416 e. The van der Waals surface area contributed by atoms with Gasteiger partial charge in [-0.25, -0.2) is 0 Å². The first-order valence-electron chi connectivity index (χ1n) is 7.74. The Morgan fingerprint density at radius 2 is 1.60 bits per heavy atom. The third kappa shape index (κ3) is 4.10. The standard InChI is InChI=1S/C19H14ClF3O2/c20-16-6-13(5-15(9-16)19(21,22)23)11-2-1-3-12(4-11)14-7-17(24)10-18(25)8-14/h1-6,9,14H,7-8,10H2. The average Bonchev–Trinajstić information content (AvgIpc) is 2.53. The van der Waals surface area contributed by atoms with Gasteiger partial charge in [-0.2, -0.15) is 13.2 Å². The quantitative estimate of drug-likeness (QED) is 0.664. The lowest BCUT2D eigenvalue weighted by Gasteiger charge is -2.21. The summed E-state index contributed by atoms with van der Waals surface area (Å²) in [6.45, 7) is 0. The highest BCUT2D eigenvalue weighted by atomic mass is 35.5. The molecular weight excluding hydrogens is 353 g/mol. The van der Waals surface area contributed by atoms with Crippen molar-refractivity contribution in [2.24, 2.45) is 0 Å². The second-order valence-electron chi connectivity index (χ2n) is 6.21. The minimum absolute atomic E-state index is 0.00162. The number of rotatable bonds is 2. The Morgan fingerprint density at radius 1 is 0.920 bits per heavy atom. The van der Waals surface area contributed by atoms with Crippen molar-refractivity contribution in [3.8, 4) is 11.1 Å². The van der Waals surface area contributed by atoms with E-state index in [0.717, 1.165) is 17.7 Å². The zero-order chi connectivity index (χ0) is 18.2.